The lowest BCUT2D eigenvalue weighted by Crippen LogP contribution is -2.40. The van der Waals surface area contributed by atoms with Gasteiger partial charge in [0.05, 0.1) is 11.3 Å². The van der Waals surface area contributed by atoms with Crippen molar-refractivity contribution in [1.29, 1.82) is 5.26 Å². The molecule has 0 spiro atoms. The lowest BCUT2D eigenvalue weighted by atomic mass is 9.84. The number of H-pyrrole nitrogens is 2. The Kier molecular flexibility index (Phi) is 3.93. The third-order valence-corrected chi connectivity index (χ3v) is 4.22. The highest BCUT2D eigenvalue weighted by Crippen LogP contribution is 2.33. The minimum Gasteiger partial charge on any atom is -0.369 e. The molecular weight excluding hydrogens is 308 g/mol. The maximum atomic E-state index is 12.0. The number of aromatic amines is 2. The SMILES string of the molecule is CC1(C)CCCN(c2cc(-c3c[nH]c(=O)[nH]c3=O)nnc2C#N)C1. The molecule has 0 aliphatic carbocycles. The molecule has 1 fully saturated rings. The number of aromatic nitrogens is 4. The molecule has 24 heavy (non-hydrogen) atoms. The molecule has 0 bridgehead atoms. The van der Waals surface area contributed by atoms with E-state index in [-0.39, 0.29) is 16.7 Å². The summed E-state index contributed by atoms with van der Waals surface area (Å²) in [6.45, 7) is 6.00. The predicted molar refractivity (Wildman–Crippen MR) is 88.7 cm³/mol. The Morgan fingerprint density at radius 1 is 1.33 bits per heavy atom. The van der Waals surface area contributed by atoms with Crippen LogP contribution in [0.3, 0.4) is 0 Å². The zero-order chi connectivity index (χ0) is 17.3. The Balaban J connectivity index is 2.08. The van der Waals surface area contributed by atoms with Gasteiger partial charge in [-0.3, -0.25) is 9.78 Å². The van der Waals surface area contributed by atoms with E-state index in [0.717, 1.165) is 25.9 Å². The van der Waals surface area contributed by atoms with Crippen LogP contribution in [-0.4, -0.2) is 33.3 Å². The van der Waals surface area contributed by atoms with Gasteiger partial charge >= 0.3 is 5.69 Å². The van der Waals surface area contributed by atoms with E-state index in [0.29, 0.717) is 11.4 Å². The molecule has 8 heteroatoms. The van der Waals surface area contributed by atoms with Gasteiger partial charge in [0, 0.05) is 19.3 Å². The van der Waals surface area contributed by atoms with Gasteiger partial charge in [-0.2, -0.15) is 5.26 Å². The minimum absolute atomic E-state index is 0.143. The van der Waals surface area contributed by atoms with Crippen molar-refractivity contribution >= 4 is 5.69 Å². The van der Waals surface area contributed by atoms with Crippen molar-refractivity contribution in [3.63, 3.8) is 0 Å². The van der Waals surface area contributed by atoms with E-state index < -0.39 is 11.2 Å². The lowest BCUT2D eigenvalue weighted by molar-refractivity contribution is 0.293. The molecule has 0 atom stereocenters. The molecule has 2 aromatic rings. The molecule has 2 aromatic heterocycles. The van der Waals surface area contributed by atoms with Crippen LogP contribution in [0, 0.1) is 16.7 Å². The third-order valence-electron chi connectivity index (χ3n) is 4.22. The van der Waals surface area contributed by atoms with Crippen molar-refractivity contribution in [2.24, 2.45) is 5.41 Å². The first-order valence-corrected chi connectivity index (χ1v) is 7.75. The third kappa shape index (κ3) is 3.06. The van der Waals surface area contributed by atoms with E-state index >= 15 is 0 Å². The van der Waals surface area contributed by atoms with Gasteiger partial charge in [0.25, 0.3) is 5.56 Å². The molecule has 3 rings (SSSR count). The Labute approximate surface area is 138 Å². The summed E-state index contributed by atoms with van der Waals surface area (Å²) in [7, 11) is 0. The van der Waals surface area contributed by atoms with Gasteiger partial charge in [-0.25, -0.2) is 4.79 Å². The van der Waals surface area contributed by atoms with Gasteiger partial charge in [-0.05, 0) is 24.3 Å². The molecule has 0 aromatic carbocycles. The first-order valence-electron chi connectivity index (χ1n) is 7.75. The highest BCUT2D eigenvalue weighted by Gasteiger charge is 2.28. The molecule has 124 valence electrons. The molecule has 1 saturated heterocycles. The van der Waals surface area contributed by atoms with Gasteiger partial charge in [-0.1, -0.05) is 13.8 Å². The Morgan fingerprint density at radius 2 is 2.12 bits per heavy atom. The van der Waals surface area contributed by atoms with E-state index in [1.165, 1.54) is 6.20 Å². The molecule has 0 saturated carbocycles. The number of nitrogens with zero attached hydrogens (tertiary/aromatic N) is 4. The standard InChI is InChI=1S/C16H18N6O2/c1-16(2)4-3-5-22(9-16)13-6-11(20-21-12(13)7-17)10-8-18-15(24)19-14(10)23/h6,8H,3-5,9H2,1-2H3,(H2,18,19,23,24). The summed E-state index contributed by atoms with van der Waals surface area (Å²) in [4.78, 5) is 29.8. The summed E-state index contributed by atoms with van der Waals surface area (Å²) in [5.41, 5.74) is 0.461. The van der Waals surface area contributed by atoms with Crippen molar-refractivity contribution in [1.82, 2.24) is 20.2 Å². The monoisotopic (exact) mass is 326 g/mol. The van der Waals surface area contributed by atoms with Crippen LogP contribution in [0.15, 0.2) is 21.9 Å². The van der Waals surface area contributed by atoms with Crippen molar-refractivity contribution in [2.45, 2.75) is 26.7 Å². The number of nitriles is 1. The topological polar surface area (TPSA) is 119 Å². The van der Waals surface area contributed by atoms with Crippen LogP contribution < -0.4 is 16.1 Å². The van der Waals surface area contributed by atoms with E-state index in [1.807, 2.05) is 0 Å². The summed E-state index contributed by atoms with van der Waals surface area (Å²) < 4.78 is 0. The second-order valence-corrected chi connectivity index (χ2v) is 6.75. The van der Waals surface area contributed by atoms with Crippen LogP contribution in [0.2, 0.25) is 0 Å². The van der Waals surface area contributed by atoms with Crippen LogP contribution in [0.25, 0.3) is 11.3 Å². The largest absolute Gasteiger partial charge is 0.369 e. The molecule has 8 nitrogen and oxygen atoms in total. The van der Waals surface area contributed by atoms with Crippen LogP contribution in [0.1, 0.15) is 32.4 Å². The molecule has 2 N–H and O–H groups in total. The lowest BCUT2D eigenvalue weighted by Gasteiger charge is -2.39. The molecule has 0 radical (unpaired) electrons. The Hall–Kier alpha value is -2.95. The predicted octanol–water partition coefficient (Wildman–Crippen LogP) is 1.02. The quantitative estimate of drug-likeness (QED) is 0.850. The maximum Gasteiger partial charge on any atom is 0.325 e. The molecule has 1 aliphatic rings. The van der Waals surface area contributed by atoms with Gasteiger partial charge in [0.1, 0.15) is 11.8 Å². The van der Waals surface area contributed by atoms with Gasteiger partial charge in [0.15, 0.2) is 5.69 Å². The number of hydrogen-bond donors (Lipinski definition) is 2. The van der Waals surface area contributed by atoms with Crippen molar-refractivity contribution in [3.8, 4) is 17.3 Å². The zero-order valence-electron chi connectivity index (χ0n) is 13.6. The Morgan fingerprint density at radius 3 is 2.79 bits per heavy atom. The normalized spacial score (nSPS) is 16.6. The molecule has 0 amide bonds. The van der Waals surface area contributed by atoms with Gasteiger partial charge < -0.3 is 9.88 Å². The highest BCUT2D eigenvalue weighted by atomic mass is 16.2. The average molecular weight is 326 g/mol. The summed E-state index contributed by atoms with van der Waals surface area (Å²) >= 11 is 0. The molecule has 1 aliphatic heterocycles. The number of rotatable bonds is 2. The number of nitrogens with one attached hydrogen (secondary N) is 2. The Bertz CT molecular complexity index is 921. The summed E-state index contributed by atoms with van der Waals surface area (Å²) in [6.07, 6.45) is 3.45. The minimum atomic E-state index is -0.580. The zero-order valence-corrected chi connectivity index (χ0v) is 13.6. The van der Waals surface area contributed by atoms with Crippen molar-refractivity contribution in [3.05, 3.63) is 38.8 Å². The fraction of sp³-hybridized carbons (Fsp3) is 0.438. The first kappa shape index (κ1) is 15.9. The van der Waals surface area contributed by atoms with Crippen LogP contribution in [-0.2, 0) is 0 Å². The van der Waals surface area contributed by atoms with E-state index in [1.54, 1.807) is 6.07 Å². The van der Waals surface area contributed by atoms with Crippen LogP contribution in [0.4, 0.5) is 5.69 Å². The van der Waals surface area contributed by atoms with Gasteiger partial charge in [0.2, 0.25) is 0 Å². The number of hydrogen-bond acceptors (Lipinski definition) is 6. The average Bonchev–Trinajstić information content (AvgIpc) is 2.53. The van der Waals surface area contributed by atoms with E-state index in [9.17, 15) is 14.9 Å². The number of piperidine rings is 1. The molecular formula is C16H18N6O2. The van der Waals surface area contributed by atoms with Crippen molar-refractivity contribution in [2.75, 3.05) is 18.0 Å². The second-order valence-electron chi connectivity index (χ2n) is 6.75. The fourth-order valence-electron chi connectivity index (χ4n) is 3.06. The molecule has 0 unspecified atom stereocenters. The van der Waals surface area contributed by atoms with Crippen LogP contribution >= 0.6 is 0 Å². The van der Waals surface area contributed by atoms with E-state index in [2.05, 4.69) is 45.0 Å². The second kappa shape index (κ2) is 5.92. The van der Waals surface area contributed by atoms with Gasteiger partial charge in [-0.15, -0.1) is 10.2 Å². The molecule has 3 heterocycles. The smallest absolute Gasteiger partial charge is 0.325 e. The van der Waals surface area contributed by atoms with Crippen molar-refractivity contribution < 1.29 is 0 Å². The first-order chi connectivity index (χ1) is 11.4. The maximum absolute atomic E-state index is 12.0. The van der Waals surface area contributed by atoms with E-state index in [4.69, 9.17) is 0 Å². The van der Waals surface area contributed by atoms with Crippen LogP contribution in [0.5, 0.6) is 0 Å². The highest BCUT2D eigenvalue weighted by molar-refractivity contribution is 5.66. The summed E-state index contributed by atoms with van der Waals surface area (Å²) in [5, 5.41) is 17.3. The summed E-state index contributed by atoms with van der Waals surface area (Å²) in [6, 6.07) is 3.75. The fourth-order valence-corrected chi connectivity index (χ4v) is 3.06. The number of anilines is 1. The summed E-state index contributed by atoms with van der Waals surface area (Å²) in [5.74, 6) is 0.